The number of aryl methyl sites for hydroxylation is 1. The molecule has 2 aliphatic heterocycles. The molecule has 1 aromatic carbocycles. The van der Waals surface area contributed by atoms with Crippen molar-refractivity contribution in [3.63, 3.8) is 0 Å². The Kier molecular flexibility index (Phi) is 3.41. The molecular weight excluding hydrogens is 328 g/mol. The molecule has 3 atom stereocenters. The topological polar surface area (TPSA) is 57.6 Å². The van der Waals surface area contributed by atoms with Gasteiger partial charge in [0.2, 0.25) is 5.91 Å². The molecule has 136 valence electrons. The van der Waals surface area contributed by atoms with E-state index in [1.165, 1.54) is 22.0 Å². The maximum Gasteiger partial charge on any atom is 0.324 e. The van der Waals surface area contributed by atoms with Gasteiger partial charge in [-0.15, -0.1) is 0 Å². The maximum atomic E-state index is 11.9. The van der Waals surface area contributed by atoms with Gasteiger partial charge in [0, 0.05) is 49.2 Å². The fourth-order valence-corrected chi connectivity index (χ4v) is 5.41. The van der Waals surface area contributed by atoms with Crippen LogP contribution in [0, 0.1) is 5.92 Å². The molecule has 0 unspecified atom stereocenters. The third kappa shape index (κ3) is 2.28. The first kappa shape index (κ1) is 15.9. The summed E-state index contributed by atoms with van der Waals surface area (Å²) in [5.41, 5.74) is 4.22. The van der Waals surface area contributed by atoms with Gasteiger partial charge in [-0.2, -0.15) is 0 Å². The van der Waals surface area contributed by atoms with E-state index in [0.29, 0.717) is 24.4 Å². The molecule has 3 heterocycles. The smallest absolute Gasteiger partial charge is 0.324 e. The molecule has 2 fully saturated rings. The second-order valence-corrected chi connectivity index (χ2v) is 8.16. The maximum absolute atomic E-state index is 11.9. The molecule has 26 heavy (non-hydrogen) atoms. The van der Waals surface area contributed by atoms with Gasteiger partial charge in [0.25, 0.3) is 0 Å². The number of rotatable bonds is 2. The Morgan fingerprint density at radius 3 is 2.85 bits per heavy atom. The van der Waals surface area contributed by atoms with Crippen molar-refractivity contribution in [3.8, 4) is 0 Å². The Bertz CT molecular complexity index is 918. The minimum Gasteiger partial charge on any atom is -0.350 e. The third-order valence-corrected chi connectivity index (χ3v) is 6.46. The Morgan fingerprint density at radius 2 is 2.08 bits per heavy atom. The Balaban J connectivity index is 1.46. The van der Waals surface area contributed by atoms with Gasteiger partial charge < -0.3 is 14.4 Å². The van der Waals surface area contributed by atoms with Crippen molar-refractivity contribution in [1.29, 1.82) is 0 Å². The number of urea groups is 1. The highest BCUT2D eigenvalue weighted by atomic mass is 16.2. The van der Waals surface area contributed by atoms with Gasteiger partial charge in [0.15, 0.2) is 0 Å². The van der Waals surface area contributed by atoms with Gasteiger partial charge in [-0.1, -0.05) is 12.1 Å². The lowest BCUT2D eigenvalue weighted by atomic mass is 9.72. The normalized spacial score (nSPS) is 28.5. The molecule has 2 saturated heterocycles. The first-order valence-electron chi connectivity index (χ1n) is 9.37. The second-order valence-electron chi connectivity index (χ2n) is 8.16. The molecule has 1 N–H and O–H groups in total. The summed E-state index contributed by atoms with van der Waals surface area (Å²) in [6.45, 7) is 1.82. The minimum atomic E-state index is -0.240. The van der Waals surface area contributed by atoms with Crippen LogP contribution in [0.25, 0.3) is 10.9 Å². The van der Waals surface area contributed by atoms with Crippen LogP contribution >= 0.6 is 0 Å². The van der Waals surface area contributed by atoms with Crippen molar-refractivity contribution in [2.45, 2.75) is 24.8 Å². The fourth-order valence-electron chi connectivity index (χ4n) is 5.41. The number of likely N-dealkylation sites (N-methyl/N-ethyl adjacent to an activating group) is 1. The summed E-state index contributed by atoms with van der Waals surface area (Å²) < 4.78 is 2.24. The lowest BCUT2D eigenvalue weighted by molar-refractivity contribution is -0.118. The van der Waals surface area contributed by atoms with E-state index in [2.05, 4.69) is 53.3 Å². The monoisotopic (exact) mass is 352 g/mol. The summed E-state index contributed by atoms with van der Waals surface area (Å²) in [6, 6.07) is 6.93. The van der Waals surface area contributed by atoms with Crippen LogP contribution in [-0.4, -0.2) is 59.0 Å². The standard InChI is InChI=1S/C20H24N4O2/c1-22-8-12(9-24-11-18(25)21-20(24)26)6-15-14-4-3-5-16-19(14)13(7-17(15)22)10-23(16)2/h3-5,10,12,15,17H,6-9,11H2,1-2H3,(H,21,25,26)/t12-,15-,17-/m1/s1. The third-order valence-electron chi connectivity index (χ3n) is 6.46. The number of aromatic nitrogens is 1. The highest BCUT2D eigenvalue weighted by Gasteiger charge is 2.41. The van der Waals surface area contributed by atoms with Crippen molar-refractivity contribution >= 4 is 22.8 Å². The van der Waals surface area contributed by atoms with E-state index < -0.39 is 0 Å². The van der Waals surface area contributed by atoms with E-state index in [0.717, 1.165) is 19.4 Å². The van der Waals surface area contributed by atoms with Crippen molar-refractivity contribution < 1.29 is 9.59 Å². The quantitative estimate of drug-likeness (QED) is 0.837. The summed E-state index contributed by atoms with van der Waals surface area (Å²) in [5, 5.41) is 3.82. The second kappa shape index (κ2) is 5.58. The molecule has 6 heteroatoms. The minimum absolute atomic E-state index is 0.187. The molecule has 0 spiro atoms. The SMILES string of the molecule is CN1C[C@H](CN2CC(=O)NC2=O)C[C@@H]2c3cccc4c3c(cn4C)C[C@H]21. The van der Waals surface area contributed by atoms with Gasteiger partial charge in [-0.05, 0) is 43.0 Å². The zero-order valence-corrected chi connectivity index (χ0v) is 15.2. The van der Waals surface area contributed by atoms with E-state index in [1.54, 1.807) is 4.90 Å². The number of hydrogen-bond donors (Lipinski definition) is 1. The van der Waals surface area contributed by atoms with E-state index in [1.807, 2.05) is 0 Å². The van der Waals surface area contributed by atoms with Gasteiger partial charge in [0.05, 0.1) is 0 Å². The number of likely N-dealkylation sites (tertiary alicyclic amines) is 1. The summed E-state index contributed by atoms with van der Waals surface area (Å²) >= 11 is 0. The molecule has 0 radical (unpaired) electrons. The number of carbonyl (C=O) groups excluding carboxylic acids is 2. The number of imide groups is 1. The molecule has 3 amide bonds. The Hall–Kier alpha value is -2.34. The molecule has 1 aromatic heterocycles. The molecule has 3 aliphatic rings. The van der Waals surface area contributed by atoms with Crippen molar-refractivity contribution in [2.75, 3.05) is 26.7 Å². The number of amides is 3. The first-order valence-corrected chi connectivity index (χ1v) is 9.37. The summed E-state index contributed by atoms with van der Waals surface area (Å²) in [7, 11) is 4.33. The average Bonchev–Trinajstić information content (AvgIpc) is 3.09. The van der Waals surface area contributed by atoms with Crippen LogP contribution in [0.4, 0.5) is 4.79 Å². The largest absolute Gasteiger partial charge is 0.350 e. The zero-order valence-electron chi connectivity index (χ0n) is 15.2. The molecule has 0 saturated carbocycles. The van der Waals surface area contributed by atoms with Crippen molar-refractivity contribution in [3.05, 3.63) is 35.5 Å². The van der Waals surface area contributed by atoms with Crippen LogP contribution in [0.2, 0.25) is 0 Å². The van der Waals surface area contributed by atoms with E-state index >= 15 is 0 Å². The molecule has 0 bridgehead atoms. The molecule has 6 nitrogen and oxygen atoms in total. The molecular formula is C20H24N4O2. The fraction of sp³-hybridized carbons (Fsp3) is 0.500. The van der Waals surface area contributed by atoms with Crippen LogP contribution in [0.5, 0.6) is 0 Å². The van der Waals surface area contributed by atoms with Crippen LogP contribution in [0.3, 0.4) is 0 Å². The summed E-state index contributed by atoms with van der Waals surface area (Å²) in [4.78, 5) is 27.5. The number of nitrogens with zero attached hydrogens (tertiary/aromatic N) is 3. The molecule has 2 aromatic rings. The highest BCUT2D eigenvalue weighted by Crippen LogP contribution is 2.44. The number of nitrogens with one attached hydrogen (secondary N) is 1. The average molecular weight is 352 g/mol. The zero-order chi connectivity index (χ0) is 18.0. The van der Waals surface area contributed by atoms with E-state index in [-0.39, 0.29) is 18.5 Å². The van der Waals surface area contributed by atoms with Crippen LogP contribution < -0.4 is 5.32 Å². The number of benzene rings is 1. The van der Waals surface area contributed by atoms with Crippen LogP contribution in [-0.2, 0) is 18.3 Å². The lowest BCUT2D eigenvalue weighted by Crippen LogP contribution is -2.50. The predicted octanol–water partition coefficient (Wildman–Crippen LogP) is 1.69. The Morgan fingerprint density at radius 1 is 1.23 bits per heavy atom. The van der Waals surface area contributed by atoms with Crippen LogP contribution in [0.15, 0.2) is 24.4 Å². The first-order chi connectivity index (χ1) is 12.5. The highest BCUT2D eigenvalue weighted by molar-refractivity contribution is 6.01. The van der Waals surface area contributed by atoms with Gasteiger partial charge in [-0.3, -0.25) is 10.1 Å². The van der Waals surface area contributed by atoms with Gasteiger partial charge in [0.1, 0.15) is 6.54 Å². The number of fused-ring (bicyclic) bond motifs is 2. The Labute approximate surface area is 152 Å². The number of hydrogen-bond acceptors (Lipinski definition) is 3. The molecule has 1 aliphatic carbocycles. The molecule has 5 rings (SSSR count). The lowest BCUT2D eigenvalue weighted by Gasteiger charge is -2.46. The van der Waals surface area contributed by atoms with E-state index in [4.69, 9.17) is 0 Å². The van der Waals surface area contributed by atoms with Crippen molar-refractivity contribution in [2.24, 2.45) is 13.0 Å². The van der Waals surface area contributed by atoms with E-state index in [9.17, 15) is 9.59 Å². The summed E-state index contributed by atoms with van der Waals surface area (Å²) in [6.07, 6.45) is 4.44. The number of piperidine rings is 1. The van der Waals surface area contributed by atoms with Gasteiger partial charge >= 0.3 is 6.03 Å². The van der Waals surface area contributed by atoms with Gasteiger partial charge in [-0.25, -0.2) is 4.79 Å². The summed E-state index contributed by atoms with van der Waals surface area (Å²) in [5.74, 6) is 0.686. The van der Waals surface area contributed by atoms with Crippen molar-refractivity contribution in [1.82, 2.24) is 19.7 Å². The number of carbonyl (C=O) groups is 2. The predicted molar refractivity (Wildman–Crippen MR) is 99.0 cm³/mol. The van der Waals surface area contributed by atoms with Crippen LogP contribution in [0.1, 0.15) is 23.5 Å².